The van der Waals surface area contributed by atoms with Gasteiger partial charge in [0.25, 0.3) is 5.69 Å². The fourth-order valence-corrected chi connectivity index (χ4v) is 3.41. The fourth-order valence-electron chi connectivity index (χ4n) is 3.41. The average molecular weight is 342 g/mol. The number of non-ortho nitro benzene ring substituents is 1. The van der Waals surface area contributed by atoms with Crippen molar-refractivity contribution < 1.29 is 15.1 Å². The monoisotopic (exact) mass is 342 g/mol. The van der Waals surface area contributed by atoms with Crippen LogP contribution in [0.2, 0.25) is 0 Å². The number of rotatable bonds is 6. The van der Waals surface area contributed by atoms with Crippen molar-refractivity contribution >= 4 is 5.69 Å². The van der Waals surface area contributed by atoms with Gasteiger partial charge in [-0.05, 0) is 48.1 Å². The molecule has 0 radical (unpaired) electrons. The SMILES string of the molecule is O=[N+]([O-])c1ccc([C@H](O)[C@@H](CO)N[C@@H]2CCc3ccccc3C2)cc1. The van der Waals surface area contributed by atoms with Gasteiger partial charge in [0.15, 0.2) is 0 Å². The molecule has 3 rings (SSSR count). The average Bonchev–Trinajstić information content (AvgIpc) is 2.65. The molecule has 0 saturated heterocycles. The maximum atomic E-state index is 10.7. The number of hydrogen-bond acceptors (Lipinski definition) is 5. The van der Waals surface area contributed by atoms with E-state index in [1.807, 2.05) is 12.1 Å². The molecule has 0 spiro atoms. The van der Waals surface area contributed by atoms with Gasteiger partial charge in [0.05, 0.1) is 23.7 Å². The van der Waals surface area contributed by atoms with Crippen molar-refractivity contribution in [1.82, 2.24) is 5.32 Å². The molecule has 0 bridgehead atoms. The number of fused-ring (bicyclic) bond motifs is 1. The van der Waals surface area contributed by atoms with Crippen LogP contribution in [0, 0.1) is 10.1 Å². The largest absolute Gasteiger partial charge is 0.395 e. The Balaban J connectivity index is 1.67. The summed E-state index contributed by atoms with van der Waals surface area (Å²) in [6, 6.07) is 13.8. The standard InChI is InChI=1S/C19H22N2O4/c22-12-18(19(23)14-6-9-17(10-7-14)21(24)25)20-16-8-5-13-3-1-2-4-15(13)11-16/h1-4,6-7,9-10,16,18-20,22-23H,5,8,11-12H2/t16-,18-,19+/m1/s1. The lowest BCUT2D eigenvalue weighted by molar-refractivity contribution is -0.384. The Bertz CT molecular complexity index is 732. The molecule has 3 N–H and O–H groups in total. The van der Waals surface area contributed by atoms with Crippen molar-refractivity contribution in [1.29, 1.82) is 0 Å². The molecule has 0 aliphatic heterocycles. The van der Waals surface area contributed by atoms with Gasteiger partial charge in [-0.1, -0.05) is 24.3 Å². The maximum Gasteiger partial charge on any atom is 0.269 e. The van der Waals surface area contributed by atoms with Gasteiger partial charge < -0.3 is 15.5 Å². The number of nitrogens with zero attached hydrogens (tertiary/aromatic N) is 1. The number of aliphatic hydroxyl groups excluding tert-OH is 2. The number of nitro groups is 1. The fraction of sp³-hybridized carbons (Fsp3) is 0.368. The van der Waals surface area contributed by atoms with E-state index in [2.05, 4.69) is 17.4 Å². The Labute approximate surface area is 146 Å². The molecule has 3 atom stereocenters. The topological polar surface area (TPSA) is 95.6 Å². The molecule has 0 heterocycles. The van der Waals surface area contributed by atoms with Crippen LogP contribution in [-0.4, -0.2) is 33.8 Å². The van der Waals surface area contributed by atoms with Crippen molar-refractivity contribution in [2.45, 2.75) is 37.5 Å². The van der Waals surface area contributed by atoms with Gasteiger partial charge in [-0.3, -0.25) is 10.1 Å². The van der Waals surface area contributed by atoms with Crippen LogP contribution < -0.4 is 5.32 Å². The van der Waals surface area contributed by atoms with Gasteiger partial charge in [-0.2, -0.15) is 0 Å². The van der Waals surface area contributed by atoms with Crippen molar-refractivity contribution in [3.63, 3.8) is 0 Å². The summed E-state index contributed by atoms with van der Waals surface area (Å²) < 4.78 is 0. The number of nitrogens with one attached hydrogen (secondary N) is 1. The van der Waals surface area contributed by atoms with Crippen LogP contribution in [-0.2, 0) is 12.8 Å². The lowest BCUT2D eigenvalue weighted by Crippen LogP contribution is -2.46. The van der Waals surface area contributed by atoms with Gasteiger partial charge in [0.2, 0.25) is 0 Å². The van der Waals surface area contributed by atoms with Crippen molar-refractivity contribution in [2.75, 3.05) is 6.61 Å². The predicted octanol–water partition coefficient (Wildman–Crippen LogP) is 2.14. The lowest BCUT2D eigenvalue weighted by atomic mass is 9.87. The summed E-state index contributed by atoms with van der Waals surface area (Å²) >= 11 is 0. The normalized spacial score (nSPS) is 19.0. The zero-order valence-corrected chi connectivity index (χ0v) is 13.8. The number of hydrogen-bond donors (Lipinski definition) is 3. The summed E-state index contributed by atoms with van der Waals surface area (Å²) in [7, 11) is 0. The number of benzene rings is 2. The highest BCUT2D eigenvalue weighted by Crippen LogP contribution is 2.24. The second-order valence-corrected chi connectivity index (χ2v) is 6.46. The van der Waals surface area contributed by atoms with Gasteiger partial charge >= 0.3 is 0 Å². The third-order valence-corrected chi connectivity index (χ3v) is 4.82. The van der Waals surface area contributed by atoms with E-state index < -0.39 is 17.1 Å². The Morgan fingerprint density at radius 2 is 1.84 bits per heavy atom. The molecule has 132 valence electrons. The Morgan fingerprint density at radius 1 is 1.16 bits per heavy atom. The van der Waals surface area contributed by atoms with Crippen LogP contribution in [0.15, 0.2) is 48.5 Å². The van der Waals surface area contributed by atoms with Crippen molar-refractivity contribution in [3.8, 4) is 0 Å². The molecule has 25 heavy (non-hydrogen) atoms. The van der Waals surface area contributed by atoms with E-state index in [0.717, 1.165) is 19.3 Å². The zero-order valence-electron chi connectivity index (χ0n) is 13.8. The van der Waals surface area contributed by atoms with Gasteiger partial charge in [-0.25, -0.2) is 0 Å². The molecular formula is C19H22N2O4. The molecule has 6 nitrogen and oxygen atoms in total. The smallest absolute Gasteiger partial charge is 0.269 e. The van der Waals surface area contributed by atoms with Crippen LogP contribution in [0.5, 0.6) is 0 Å². The highest BCUT2D eigenvalue weighted by atomic mass is 16.6. The Kier molecular flexibility index (Phi) is 5.43. The molecule has 0 saturated carbocycles. The van der Waals surface area contributed by atoms with E-state index in [1.54, 1.807) is 0 Å². The molecule has 6 heteroatoms. The summed E-state index contributed by atoms with van der Waals surface area (Å²) in [5.74, 6) is 0. The highest BCUT2D eigenvalue weighted by Gasteiger charge is 2.26. The van der Waals surface area contributed by atoms with Gasteiger partial charge in [0, 0.05) is 18.2 Å². The van der Waals surface area contributed by atoms with Crippen LogP contribution in [0.1, 0.15) is 29.2 Å². The van der Waals surface area contributed by atoms with Crippen molar-refractivity contribution in [2.24, 2.45) is 0 Å². The number of aliphatic hydroxyl groups is 2. The molecule has 1 aliphatic carbocycles. The van der Waals surface area contributed by atoms with Crippen molar-refractivity contribution in [3.05, 3.63) is 75.3 Å². The Hall–Kier alpha value is -2.28. The minimum absolute atomic E-state index is 0.0201. The first kappa shape index (κ1) is 17.5. The summed E-state index contributed by atoms with van der Waals surface area (Å²) in [5.41, 5.74) is 3.19. The quantitative estimate of drug-likeness (QED) is 0.552. The number of aryl methyl sites for hydroxylation is 1. The molecule has 2 aromatic rings. The summed E-state index contributed by atoms with van der Waals surface area (Å²) in [6.45, 7) is -0.212. The molecule has 0 unspecified atom stereocenters. The maximum absolute atomic E-state index is 10.7. The first-order chi connectivity index (χ1) is 12.1. The van der Waals surface area contributed by atoms with E-state index >= 15 is 0 Å². The van der Waals surface area contributed by atoms with Crippen LogP contribution in [0.25, 0.3) is 0 Å². The van der Waals surface area contributed by atoms with Gasteiger partial charge in [0.1, 0.15) is 0 Å². The number of nitro benzene ring substituents is 1. The summed E-state index contributed by atoms with van der Waals surface area (Å²) in [6.07, 6.45) is 1.85. The van der Waals surface area contributed by atoms with E-state index in [0.29, 0.717) is 5.56 Å². The highest BCUT2D eigenvalue weighted by molar-refractivity contribution is 5.34. The minimum Gasteiger partial charge on any atom is -0.395 e. The predicted molar refractivity (Wildman–Crippen MR) is 94.3 cm³/mol. The third kappa shape index (κ3) is 4.04. The second kappa shape index (κ2) is 7.74. The minimum atomic E-state index is -0.928. The first-order valence-corrected chi connectivity index (χ1v) is 8.44. The van der Waals surface area contributed by atoms with E-state index in [-0.39, 0.29) is 18.3 Å². The van der Waals surface area contributed by atoms with E-state index in [1.165, 1.54) is 35.4 Å². The molecule has 1 aliphatic rings. The summed E-state index contributed by atoms with van der Waals surface area (Å²) in [5, 5.41) is 34.3. The summed E-state index contributed by atoms with van der Waals surface area (Å²) in [4.78, 5) is 10.3. The van der Waals surface area contributed by atoms with Crippen LogP contribution >= 0.6 is 0 Å². The molecule has 0 aromatic heterocycles. The molecular weight excluding hydrogens is 320 g/mol. The van der Waals surface area contributed by atoms with Crippen LogP contribution in [0.4, 0.5) is 5.69 Å². The zero-order chi connectivity index (χ0) is 17.8. The molecule has 0 amide bonds. The first-order valence-electron chi connectivity index (χ1n) is 8.44. The Morgan fingerprint density at radius 3 is 2.48 bits per heavy atom. The van der Waals surface area contributed by atoms with E-state index in [4.69, 9.17) is 0 Å². The third-order valence-electron chi connectivity index (χ3n) is 4.82. The van der Waals surface area contributed by atoms with E-state index in [9.17, 15) is 20.3 Å². The molecule has 2 aromatic carbocycles. The second-order valence-electron chi connectivity index (χ2n) is 6.46. The van der Waals surface area contributed by atoms with Gasteiger partial charge in [-0.15, -0.1) is 0 Å². The molecule has 0 fully saturated rings. The van der Waals surface area contributed by atoms with Crippen LogP contribution in [0.3, 0.4) is 0 Å². The lowest BCUT2D eigenvalue weighted by Gasteiger charge is -2.31.